The van der Waals surface area contributed by atoms with E-state index in [1.807, 2.05) is 0 Å². The van der Waals surface area contributed by atoms with E-state index in [-0.39, 0.29) is 16.9 Å². The molecule has 0 N–H and O–H groups in total. The van der Waals surface area contributed by atoms with Crippen LogP contribution in [0, 0.1) is 17.5 Å². The van der Waals surface area contributed by atoms with E-state index in [0.29, 0.717) is 24.2 Å². The Kier molecular flexibility index (Phi) is 3.09. The predicted octanol–water partition coefficient (Wildman–Crippen LogP) is 3.36. The molecule has 2 aromatic heterocycles. The molecule has 0 aliphatic heterocycles. The maximum Gasteiger partial charge on any atom is 0.161 e. The normalized spacial score (nSPS) is 10.8. The van der Waals surface area contributed by atoms with Crippen molar-refractivity contribution in [2.75, 3.05) is 0 Å². The number of furan rings is 1. The van der Waals surface area contributed by atoms with Crippen LogP contribution in [0.15, 0.2) is 41.1 Å². The van der Waals surface area contributed by atoms with Gasteiger partial charge in [0.25, 0.3) is 0 Å². The molecular weight excluding hydrogens is 285 g/mol. The number of hydrogen-bond acceptors (Lipinski definition) is 3. The second-order valence-corrected chi connectivity index (χ2v) is 4.19. The minimum atomic E-state index is -1.30. The van der Waals surface area contributed by atoms with Crippen LogP contribution in [0.3, 0.4) is 0 Å². The summed E-state index contributed by atoms with van der Waals surface area (Å²) in [6.45, 7) is 0. The molecule has 3 aromatic rings. The molecule has 0 bridgehead atoms. The number of halogens is 3. The minimum absolute atomic E-state index is 0.133. The van der Waals surface area contributed by atoms with Gasteiger partial charge in [-0.25, -0.2) is 17.9 Å². The SMILES string of the molecule is O=Cc1cn(-c2cc(F)c(F)cc2F)nc1-c1ccco1. The van der Waals surface area contributed by atoms with Crippen LogP contribution in [0.25, 0.3) is 17.1 Å². The first kappa shape index (κ1) is 13.2. The maximum absolute atomic E-state index is 13.7. The highest BCUT2D eigenvalue weighted by molar-refractivity contribution is 5.84. The lowest BCUT2D eigenvalue weighted by Crippen LogP contribution is -2.01. The zero-order valence-corrected chi connectivity index (χ0v) is 10.4. The Morgan fingerprint density at radius 2 is 1.90 bits per heavy atom. The van der Waals surface area contributed by atoms with E-state index in [4.69, 9.17) is 4.42 Å². The average molecular weight is 292 g/mol. The van der Waals surface area contributed by atoms with E-state index in [1.54, 1.807) is 12.1 Å². The van der Waals surface area contributed by atoms with Gasteiger partial charge in [-0.15, -0.1) is 0 Å². The number of hydrogen-bond donors (Lipinski definition) is 0. The summed E-state index contributed by atoms with van der Waals surface area (Å²) < 4.78 is 46.0. The number of carbonyl (C=O) groups excluding carboxylic acids is 1. The lowest BCUT2D eigenvalue weighted by atomic mass is 10.2. The second kappa shape index (κ2) is 4.93. The van der Waals surface area contributed by atoms with Crippen molar-refractivity contribution in [3.8, 4) is 17.1 Å². The molecule has 0 unspecified atom stereocenters. The Balaban J connectivity index is 2.17. The van der Waals surface area contributed by atoms with Crippen molar-refractivity contribution in [1.29, 1.82) is 0 Å². The Bertz CT molecular complexity index is 810. The quantitative estimate of drug-likeness (QED) is 0.549. The highest BCUT2D eigenvalue weighted by Gasteiger charge is 2.17. The summed E-state index contributed by atoms with van der Waals surface area (Å²) in [5.74, 6) is -3.21. The smallest absolute Gasteiger partial charge is 0.161 e. The molecule has 0 saturated heterocycles. The van der Waals surface area contributed by atoms with Crippen LogP contribution in [-0.4, -0.2) is 16.1 Å². The maximum atomic E-state index is 13.7. The van der Waals surface area contributed by atoms with Gasteiger partial charge < -0.3 is 4.42 Å². The third-order valence-electron chi connectivity index (χ3n) is 2.86. The fraction of sp³-hybridized carbons (Fsp3) is 0. The number of benzene rings is 1. The molecule has 1 aromatic carbocycles. The van der Waals surface area contributed by atoms with E-state index in [2.05, 4.69) is 5.10 Å². The number of aromatic nitrogens is 2. The predicted molar refractivity (Wildman–Crippen MR) is 66.5 cm³/mol. The number of rotatable bonds is 3. The van der Waals surface area contributed by atoms with Crippen LogP contribution in [0.4, 0.5) is 13.2 Å². The zero-order valence-electron chi connectivity index (χ0n) is 10.4. The molecule has 106 valence electrons. The Hall–Kier alpha value is -2.83. The van der Waals surface area contributed by atoms with Crippen molar-refractivity contribution in [2.24, 2.45) is 0 Å². The van der Waals surface area contributed by atoms with Crippen molar-refractivity contribution in [1.82, 2.24) is 9.78 Å². The highest BCUT2D eigenvalue weighted by atomic mass is 19.2. The summed E-state index contributed by atoms with van der Waals surface area (Å²) in [5.41, 5.74) is 0.00280. The van der Waals surface area contributed by atoms with Crippen molar-refractivity contribution in [3.05, 3.63) is 59.7 Å². The van der Waals surface area contributed by atoms with Gasteiger partial charge in [0.1, 0.15) is 11.4 Å². The minimum Gasteiger partial charge on any atom is -0.463 e. The molecule has 7 heteroatoms. The van der Waals surface area contributed by atoms with Gasteiger partial charge in [-0.05, 0) is 12.1 Å². The molecule has 0 aliphatic carbocycles. The number of nitrogens with zero attached hydrogens (tertiary/aromatic N) is 2. The standard InChI is InChI=1S/C14H7F3N2O2/c15-9-4-11(17)12(5-10(9)16)19-6-8(7-20)14(18-19)13-2-1-3-21-13/h1-7H. The zero-order chi connectivity index (χ0) is 15.0. The fourth-order valence-corrected chi connectivity index (χ4v) is 1.89. The van der Waals surface area contributed by atoms with E-state index in [0.717, 1.165) is 4.68 Å². The largest absolute Gasteiger partial charge is 0.463 e. The van der Waals surface area contributed by atoms with Crippen LogP contribution < -0.4 is 0 Å². The summed E-state index contributed by atoms with van der Waals surface area (Å²) in [6.07, 6.45) is 3.11. The molecule has 21 heavy (non-hydrogen) atoms. The highest BCUT2D eigenvalue weighted by Crippen LogP contribution is 2.24. The Labute approximate surface area is 116 Å². The van der Waals surface area contributed by atoms with E-state index in [9.17, 15) is 18.0 Å². The summed E-state index contributed by atoms with van der Waals surface area (Å²) in [5, 5.41) is 3.99. The lowest BCUT2D eigenvalue weighted by molar-refractivity contribution is 0.112. The molecule has 0 aliphatic rings. The topological polar surface area (TPSA) is 48.0 Å². The summed E-state index contributed by atoms with van der Waals surface area (Å²) in [6, 6.07) is 4.25. The molecule has 3 rings (SSSR count). The van der Waals surface area contributed by atoms with E-state index < -0.39 is 17.5 Å². The summed E-state index contributed by atoms with van der Waals surface area (Å²) >= 11 is 0. The van der Waals surface area contributed by atoms with Crippen molar-refractivity contribution in [3.63, 3.8) is 0 Å². The van der Waals surface area contributed by atoms with Gasteiger partial charge in [0.15, 0.2) is 29.5 Å². The third kappa shape index (κ3) is 2.22. The molecule has 0 spiro atoms. The molecule has 2 heterocycles. The molecule has 0 saturated carbocycles. The molecule has 0 radical (unpaired) electrons. The Morgan fingerprint density at radius 1 is 1.14 bits per heavy atom. The van der Waals surface area contributed by atoms with Crippen molar-refractivity contribution in [2.45, 2.75) is 0 Å². The van der Waals surface area contributed by atoms with Gasteiger partial charge in [0, 0.05) is 18.3 Å². The lowest BCUT2D eigenvalue weighted by Gasteiger charge is -2.03. The van der Waals surface area contributed by atoms with Crippen molar-refractivity contribution < 1.29 is 22.4 Å². The van der Waals surface area contributed by atoms with Crippen molar-refractivity contribution >= 4 is 6.29 Å². The fourth-order valence-electron chi connectivity index (χ4n) is 1.89. The molecule has 0 atom stereocenters. The van der Waals surface area contributed by atoms with Crippen LogP contribution in [0.1, 0.15) is 10.4 Å². The third-order valence-corrected chi connectivity index (χ3v) is 2.86. The molecule has 4 nitrogen and oxygen atoms in total. The first-order valence-corrected chi connectivity index (χ1v) is 5.84. The van der Waals surface area contributed by atoms with Crippen LogP contribution in [0.2, 0.25) is 0 Å². The molecular formula is C14H7F3N2O2. The van der Waals surface area contributed by atoms with Gasteiger partial charge in [-0.3, -0.25) is 4.79 Å². The summed E-state index contributed by atoms with van der Waals surface area (Å²) in [7, 11) is 0. The first-order chi connectivity index (χ1) is 10.1. The first-order valence-electron chi connectivity index (χ1n) is 5.84. The summed E-state index contributed by atoms with van der Waals surface area (Å²) in [4.78, 5) is 11.1. The van der Waals surface area contributed by atoms with Gasteiger partial charge >= 0.3 is 0 Å². The number of carbonyl (C=O) groups is 1. The van der Waals surface area contributed by atoms with Gasteiger partial charge in [0.05, 0.1) is 11.8 Å². The van der Waals surface area contributed by atoms with Gasteiger partial charge in [0.2, 0.25) is 0 Å². The molecule has 0 fully saturated rings. The molecule has 0 amide bonds. The monoisotopic (exact) mass is 292 g/mol. The van der Waals surface area contributed by atoms with Crippen LogP contribution in [-0.2, 0) is 0 Å². The van der Waals surface area contributed by atoms with Gasteiger partial charge in [-0.2, -0.15) is 5.10 Å². The van der Waals surface area contributed by atoms with E-state index >= 15 is 0 Å². The number of aldehydes is 1. The average Bonchev–Trinajstić information content (AvgIpc) is 3.10. The van der Waals surface area contributed by atoms with E-state index in [1.165, 1.54) is 12.5 Å². The Morgan fingerprint density at radius 3 is 2.57 bits per heavy atom. The van der Waals surface area contributed by atoms with Gasteiger partial charge in [-0.1, -0.05) is 0 Å². The van der Waals surface area contributed by atoms with Crippen LogP contribution >= 0.6 is 0 Å². The van der Waals surface area contributed by atoms with Crippen LogP contribution in [0.5, 0.6) is 0 Å². The second-order valence-electron chi connectivity index (χ2n) is 4.19.